The smallest absolute Gasteiger partial charge is 0.271 e. The molecule has 1 N–H and O–H groups in total. The van der Waals surface area contributed by atoms with Crippen LogP contribution in [0.25, 0.3) is 0 Å². The van der Waals surface area contributed by atoms with E-state index >= 15 is 0 Å². The van der Waals surface area contributed by atoms with Crippen molar-refractivity contribution in [3.8, 4) is 5.75 Å². The first-order valence-electron chi connectivity index (χ1n) is 8.50. The maximum Gasteiger partial charge on any atom is 0.271 e. The van der Waals surface area contributed by atoms with Crippen molar-refractivity contribution < 1.29 is 19.2 Å². The second-order valence-electron chi connectivity index (χ2n) is 5.98. The lowest BCUT2D eigenvalue weighted by atomic mass is 10.1. The van der Waals surface area contributed by atoms with E-state index in [1.807, 2.05) is 6.07 Å². The molecule has 0 spiro atoms. The summed E-state index contributed by atoms with van der Waals surface area (Å²) in [5, 5.41) is 13.5. The molecule has 0 heterocycles. The second kappa shape index (κ2) is 8.99. The highest BCUT2D eigenvalue weighted by Crippen LogP contribution is 2.28. The number of halogens is 1. The van der Waals surface area contributed by atoms with Crippen molar-refractivity contribution in [3.05, 3.63) is 99.1 Å². The Balaban J connectivity index is 1.59. The molecule has 0 fully saturated rings. The number of Topliss-reactive ketones (excluding diaryl/α,β-unsaturated/α-hetero) is 1. The number of hydrogen-bond donors (Lipinski definition) is 1. The van der Waals surface area contributed by atoms with Crippen LogP contribution < -0.4 is 10.1 Å². The average molecular weight is 411 g/mol. The maximum atomic E-state index is 12.3. The van der Waals surface area contributed by atoms with Crippen molar-refractivity contribution >= 4 is 34.7 Å². The number of carbonyl (C=O) groups is 2. The van der Waals surface area contributed by atoms with Gasteiger partial charge < -0.3 is 10.1 Å². The van der Waals surface area contributed by atoms with Gasteiger partial charge in [-0.15, -0.1) is 0 Å². The maximum absolute atomic E-state index is 12.3. The lowest BCUT2D eigenvalue weighted by molar-refractivity contribution is -0.384. The molecule has 0 aliphatic heterocycles. The topological polar surface area (TPSA) is 98.5 Å². The van der Waals surface area contributed by atoms with Crippen LogP contribution in [0.4, 0.5) is 11.4 Å². The van der Waals surface area contributed by atoms with Crippen LogP contribution in [0.1, 0.15) is 20.7 Å². The van der Waals surface area contributed by atoms with E-state index in [4.69, 9.17) is 16.3 Å². The zero-order chi connectivity index (χ0) is 20.8. The molecule has 3 rings (SSSR count). The summed E-state index contributed by atoms with van der Waals surface area (Å²) >= 11 is 5.94. The molecule has 29 heavy (non-hydrogen) atoms. The van der Waals surface area contributed by atoms with Crippen LogP contribution in [-0.2, 0) is 0 Å². The minimum Gasteiger partial charge on any atom is -0.484 e. The minimum absolute atomic E-state index is 0.0472. The molecule has 3 aromatic rings. The lowest BCUT2D eigenvalue weighted by Gasteiger charge is -2.08. The van der Waals surface area contributed by atoms with Gasteiger partial charge in [0, 0.05) is 28.9 Å². The summed E-state index contributed by atoms with van der Waals surface area (Å²) in [5.74, 6) is -0.376. The third kappa shape index (κ3) is 5.18. The monoisotopic (exact) mass is 410 g/mol. The van der Waals surface area contributed by atoms with E-state index in [1.165, 1.54) is 12.1 Å². The lowest BCUT2D eigenvalue weighted by Crippen LogP contribution is -2.13. The summed E-state index contributed by atoms with van der Waals surface area (Å²) in [4.78, 5) is 34.6. The molecule has 0 aromatic heterocycles. The molecule has 0 bridgehead atoms. The normalized spacial score (nSPS) is 10.2. The third-order valence-electron chi connectivity index (χ3n) is 3.99. The summed E-state index contributed by atoms with van der Waals surface area (Å²) in [6.07, 6.45) is 0. The van der Waals surface area contributed by atoms with E-state index in [2.05, 4.69) is 5.32 Å². The Bertz CT molecular complexity index is 1050. The standard InChI is InChI=1S/C21H15ClN2O5/c22-18-12-17(24(27)28)10-11-20(18)29-13-19(25)14-6-8-16(9-7-14)23-21(26)15-4-2-1-3-5-15/h1-12H,13H2,(H,23,26). The number of carbonyl (C=O) groups excluding carboxylic acids is 2. The molecule has 7 nitrogen and oxygen atoms in total. The van der Waals surface area contributed by atoms with Crippen molar-refractivity contribution in [1.29, 1.82) is 0 Å². The van der Waals surface area contributed by atoms with Gasteiger partial charge in [0.2, 0.25) is 0 Å². The number of ether oxygens (including phenoxy) is 1. The third-order valence-corrected chi connectivity index (χ3v) is 4.28. The number of anilines is 1. The largest absolute Gasteiger partial charge is 0.484 e. The first-order chi connectivity index (χ1) is 13.9. The first-order valence-corrected chi connectivity index (χ1v) is 8.88. The summed E-state index contributed by atoms with van der Waals surface area (Å²) in [6.45, 7) is -0.284. The zero-order valence-corrected chi connectivity index (χ0v) is 15.8. The quantitative estimate of drug-likeness (QED) is 0.344. The molecule has 1 amide bonds. The molecule has 0 atom stereocenters. The van der Waals surface area contributed by atoms with Crippen molar-refractivity contribution in [1.82, 2.24) is 0 Å². The molecular weight excluding hydrogens is 396 g/mol. The van der Waals surface area contributed by atoms with Crippen LogP contribution in [0.3, 0.4) is 0 Å². The number of nitro groups is 1. The SMILES string of the molecule is O=C(COc1ccc([N+](=O)[O-])cc1Cl)c1ccc(NC(=O)c2ccccc2)cc1. The predicted molar refractivity (Wildman–Crippen MR) is 109 cm³/mol. The Labute approximate surface area is 171 Å². The van der Waals surface area contributed by atoms with Gasteiger partial charge in [0.25, 0.3) is 11.6 Å². The zero-order valence-electron chi connectivity index (χ0n) is 15.0. The van der Waals surface area contributed by atoms with Crippen molar-refractivity contribution in [2.75, 3.05) is 11.9 Å². The summed E-state index contributed by atoms with van der Waals surface area (Å²) in [6, 6.07) is 18.9. The fourth-order valence-corrected chi connectivity index (χ4v) is 2.71. The van der Waals surface area contributed by atoms with E-state index < -0.39 is 4.92 Å². The molecule has 8 heteroatoms. The predicted octanol–water partition coefficient (Wildman–Crippen LogP) is 4.76. The number of ketones is 1. The van der Waals surface area contributed by atoms with Gasteiger partial charge >= 0.3 is 0 Å². The summed E-state index contributed by atoms with van der Waals surface area (Å²) < 4.78 is 5.37. The Morgan fingerprint density at radius 3 is 2.28 bits per heavy atom. The average Bonchev–Trinajstić information content (AvgIpc) is 2.73. The number of rotatable bonds is 7. The van der Waals surface area contributed by atoms with Gasteiger partial charge in [-0.05, 0) is 42.5 Å². The van der Waals surface area contributed by atoms with E-state index in [0.29, 0.717) is 16.8 Å². The van der Waals surface area contributed by atoms with Gasteiger partial charge in [0.15, 0.2) is 12.4 Å². The molecule has 0 radical (unpaired) electrons. The number of nitro benzene ring substituents is 1. The molecule has 0 aliphatic rings. The Kier molecular flexibility index (Phi) is 6.21. The molecule has 3 aromatic carbocycles. The summed E-state index contributed by atoms with van der Waals surface area (Å²) in [5.41, 5.74) is 1.30. The number of benzene rings is 3. The number of hydrogen-bond acceptors (Lipinski definition) is 5. The molecule has 0 saturated heterocycles. The highest BCUT2D eigenvalue weighted by atomic mass is 35.5. The van der Waals surface area contributed by atoms with Crippen molar-refractivity contribution in [2.24, 2.45) is 0 Å². The number of non-ortho nitro benzene ring substituents is 1. The van der Waals surface area contributed by atoms with Crippen LogP contribution in [0.15, 0.2) is 72.8 Å². The first kappa shape index (κ1) is 20.0. The van der Waals surface area contributed by atoms with Crippen LogP contribution >= 0.6 is 11.6 Å². The fraction of sp³-hybridized carbons (Fsp3) is 0.0476. The van der Waals surface area contributed by atoms with E-state index in [0.717, 1.165) is 6.07 Å². The minimum atomic E-state index is -0.570. The molecule has 0 saturated carbocycles. The van der Waals surface area contributed by atoms with Gasteiger partial charge in [0.05, 0.1) is 9.95 Å². The van der Waals surface area contributed by atoms with Gasteiger partial charge in [-0.2, -0.15) is 0 Å². The van der Waals surface area contributed by atoms with Crippen molar-refractivity contribution in [3.63, 3.8) is 0 Å². The van der Waals surface area contributed by atoms with Crippen LogP contribution in [0, 0.1) is 10.1 Å². The van der Waals surface area contributed by atoms with Gasteiger partial charge in [-0.3, -0.25) is 19.7 Å². The van der Waals surface area contributed by atoms with Gasteiger partial charge in [-0.1, -0.05) is 29.8 Å². The molecule has 0 unspecified atom stereocenters. The van der Waals surface area contributed by atoms with E-state index in [-0.39, 0.29) is 34.8 Å². The Morgan fingerprint density at radius 1 is 0.966 bits per heavy atom. The Morgan fingerprint density at radius 2 is 1.66 bits per heavy atom. The highest BCUT2D eigenvalue weighted by Gasteiger charge is 2.13. The summed E-state index contributed by atoms with van der Waals surface area (Å²) in [7, 11) is 0. The van der Waals surface area contributed by atoms with Crippen LogP contribution in [0.2, 0.25) is 5.02 Å². The molecule has 0 aliphatic carbocycles. The molecular formula is C21H15ClN2O5. The van der Waals surface area contributed by atoms with Crippen molar-refractivity contribution in [2.45, 2.75) is 0 Å². The van der Waals surface area contributed by atoms with E-state index in [9.17, 15) is 19.7 Å². The number of amides is 1. The number of nitrogens with one attached hydrogen (secondary N) is 1. The van der Waals surface area contributed by atoms with E-state index in [1.54, 1.807) is 48.5 Å². The molecule has 146 valence electrons. The van der Waals surface area contributed by atoms with Gasteiger partial charge in [0.1, 0.15) is 5.75 Å². The fourth-order valence-electron chi connectivity index (χ4n) is 2.48. The highest BCUT2D eigenvalue weighted by molar-refractivity contribution is 6.32. The van der Waals surface area contributed by atoms with Crippen LogP contribution in [-0.4, -0.2) is 23.2 Å². The Hall–Kier alpha value is -3.71. The van der Waals surface area contributed by atoms with Gasteiger partial charge in [-0.25, -0.2) is 0 Å². The second-order valence-corrected chi connectivity index (χ2v) is 6.39. The number of nitrogens with zero attached hydrogens (tertiary/aromatic N) is 1. The van der Waals surface area contributed by atoms with Crippen LogP contribution in [0.5, 0.6) is 5.75 Å².